The van der Waals surface area contributed by atoms with Gasteiger partial charge in [-0.2, -0.15) is 0 Å². The lowest BCUT2D eigenvalue weighted by Gasteiger charge is -2.05. The second kappa shape index (κ2) is 6.63. The predicted octanol–water partition coefficient (Wildman–Crippen LogP) is 1.96. The normalized spacial score (nSPS) is 10.3. The van der Waals surface area contributed by atoms with Crippen LogP contribution in [0.3, 0.4) is 0 Å². The first-order valence-corrected chi connectivity index (χ1v) is 5.89. The Kier molecular flexibility index (Phi) is 5.42. The summed E-state index contributed by atoms with van der Waals surface area (Å²) in [4.78, 5) is 8.53. The van der Waals surface area contributed by atoms with E-state index in [1.54, 1.807) is 18.9 Å². The molecule has 5 heteroatoms. The second-order valence-electron chi connectivity index (χ2n) is 3.13. The summed E-state index contributed by atoms with van der Waals surface area (Å²) >= 11 is 1.75. The van der Waals surface area contributed by atoms with Crippen molar-refractivity contribution in [1.82, 2.24) is 9.97 Å². The van der Waals surface area contributed by atoms with Crippen LogP contribution in [0.2, 0.25) is 0 Å². The quantitative estimate of drug-likeness (QED) is 0.457. The molecule has 0 fully saturated rings. The van der Waals surface area contributed by atoms with Crippen molar-refractivity contribution < 1.29 is 4.74 Å². The molecule has 15 heavy (non-hydrogen) atoms. The zero-order chi connectivity index (χ0) is 11.1. The fourth-order valence-electron chi connectivity index (χ4n) is 1.07. The van der Waals surface area contributed by atoms with Gasteiger partial charge in [0.05, 0.1) is 0 Å². The highest BCUT2D eigenvalue weighted by molar-refractivity contribution is 7.99. The molecule has 4 nitrogen and oxygen atoms in total. The van der Waals surface area contributed by atoms with E-state index < -0.39 is 0 Å². The van der Waals surface area contributed by atoms with Crippen LogP contribution in [0.1, 0.15) is 12.0 Å². The third-order valence-electron chi connectivity index (χ3n) is 1.88. The van der Waals surface area contributed by atoms with Crippen LogP contribution < -0.4 is 5.32 Å². The fraction of sp³-hybridized carbons (Fsp3) is 0.600. The first kappa shape index (κ1) is 12.3. The molecule has 0 amide bonds. The molecule has 0 aliphatic carbocycles. The third-order valence-corrected chi connectivity index (χ3v) is 3.06. The maximum atomic E-state index is 5.00. The van der Waals surface area contributed by atoms with E-state index in [1.807, 2.05) is 20.2 Å². The Bertz CT molecular complexity index is 307. The van der Waals surface area contributed by atoms with Crippen LogP contribution in [0.4, 0.5) is 5.95 Å². The predicted molar refractivity (Wildman–Crippen MR) is 63.5 cm³/mol. The van der Waals surface area contributed by atoms with E-state index in [0.717, 1.165) is 29.4 Å². The van der Waals surface area contributed by atoms with Crippen LogP contribution in [0, 0.1) is 6.92 Å². The summed E-state index contributed by atoms with van der Waals surface area (Å²) in [6.45, 7) is 2.83. The standard InChI is InChI=1S/C10H17N3OS/c1-8-7-12-10(11-2)13-9(8)15-6-4-5-14-3/h7H,4-6H2,1-3H3,(H,11,12,13). The molecule has 1 heterocycles. The van der Waals surface area contributed by atoms with E-state index in [0.29, 0.717) is 5.95 Å². The van der Waals surface area contributed by atoms with Gasteiger partial charge in [0, 0.05) is 32.7 Å². The van der Waals surface area contributed by atoms with Gasteiger partial charge in [0.2, 0.25) is 5.95 Å². The van der Waals surface area contributed by atoms with Gasteiger partial charge in [-0.1, -0.05) is 0 Å². The molecule has 0 spiro atoms. The molecule has 1 rings (SSSR count). The Hall–Kier alpha value is -0.810. The molecule has 1 N–H and O–H groups in total. The number of hydrogen-bond donors (Lipinski definition) is 1. The van der Waals surface area contributed by atoms with Gasteiger partial charge in [0.1, 0.15) is 5.03 Å². The average molecular weight is 227 g/mol. The molecule has 0 aromatic carbocycles. The smallest absolute Gasteiger partial charge is 0.223 e. The highest BCUT2D eigenvalue weighted by Gasteiger charge is 2.03. The summed E-state index contributed by atoms with van der Waals surface area (Å²) in [6, 6.07) is 0. The molecule has 0 radical (unpaired) electrons. The van der Waals surface area contributed by atoms with Crippen molar-refractivity contribution in [3.63, 3.8) is 0 Å². The Morgan fingerprint density at radius 1 is 1.53 bits per heavy atom. The van der Waals surface area contributed by atoms with Gasteiger partial charge in [-0.3, -0.25) is 0 Å². The number of ether oxygens (including phenoxy) is 1. The fourth-order valence-corrected chi connectivity index (χ4v) is 1.95. The van der Waals surface area contributed by atoms with Crippen molar-refractivity contribution in [1.29, 1.82) is 0 Å². The van der Waals surface area contributed by atoms with Crippen LogP contribution in [0.25, 0.3) is 0 Å². The summed E-state index contributed by atoms with van der Waals surface area (Å²) in [5.74, 6) is 1.70. The van der Waals surface area contributed by atoms with Gasteiger partial charge in [0.15, 0.2) is 0 Å². The number of rotatable bonds is 6. The van der Waals surface area contributed by atoms with Gasteiger partial charge in [-0.05, 0) is 18.9 Å². The molecule has 84 valence electrons. The molecule has 0 aliphatic heterocycles. The molecule has 0 atom stereocenters. The number of nitrogens with one attached hydrogen (secondary N) is 1. The first-order chi connectivity index (χ1) is 7.27. The lowest BCUT2D eigenvalue weighted by Crippen LogP contribution is -1.99. The summed E-state index contributed by atoms with van der Waals surface area (Å²) in [5.41, 5.74) is 1.12. The molecule has 0 aliphatic rings. The lowest BCUT2D eigenvalue weighted by molar-refractivity contribution is 0.200. The monoisotopic (exact) mass is 227 g/mol. The largest absolute Gasteiger partial charge is 0.385 e. The highest BCUT2D eigenvalue weighted by atomic mass is 32.2. The van der Waals surface area contributed by atoms with Gasteiger partial charge in [-0.25, -0.2) is 9.97 Å². The van der Waals surface area contributed by atoms with Crippen LogP contribution in [-0.4, -0.2) is 36.5 Å². The molecular weight excluding hydrogens is 210 g/mol. The number of aryl methyl sites for hydroxylation is 1. The minimum absolute atomic E-state index is 0.676. The number of nitrogens with zero attached hydrogens (tertiary/aromatic N) is 2. The first-order valence-electron chi connectivity index (χ1n) is 4.91. The highest BCUT2D eigenvalue weighted by Crippen LogP contribution is 2.20. The number of anilines is 1. The molecule has 1 aromatic rings. The third kappa shape index (κ3) is 4.05. The van der Waals surface area contributed by atoms with Crippen molar-refractivity contribution in [3.8, 4) is 0 Å². The van der Waals surface area contributed by atoms with Gasteiger partial charge < -0.3 is 10.1 Å². The van der Waals surface area contributed by atoms with E-state index >= 15 is 0 Å². The van der Waals surface area contributed by atoms with Gasteiger partial charge in [0.25, 0.3) is 0 Å². The minimum atomic E-state index is 0.676. The molecular formula is C10H17N3OS. The van der Waals surface area contributed by atoms with Crippen molar-refractivity contribution in [3.05, 3.63) is 11.8 Å². The molecule has 0 saturated carbocycles. The van der Waals surface area contributed by atoms with E-state index in [2.05, 4.69) is 15.3 Å². The Balaban J connectivity index is 2.51. The van der Waals surface area contributed by atoms with Gasteiger partial charge in [-0.15, -0.1) is 11.8 Å². The Morgan fingerprint density at radius 3 is 3.00 bits per heavy atom. The van der Waals surface area contributed by atoms with E-state index in [-0.39, 0.29) is 0 Å². The molecule has 1 aromatic heterocycles. The molecule has 0 bridgehead atoms. The van der Waals surface area contributed by atoms with Crippen LogP contribution in [-0.2, 0) is 4.74 Å². The molecule has 0 unspecified atom stereocenters. The van der Waals surface area contributed by atoms with Crippen molar-refractivity contribution in [2.75, 3.05) is 31.8 Å². The van der Waals surface area contributed by atoms with Crippen molar-refractivity contribution in [2.24, 2.45) is 0 Å². The van der Waals surface area contributed by atoms with Crippen LogP contribution in [0.5, 0.6) is 0 Å². The van der Waals surface area contributed by atoms with Crippen molar-refractivity contribution >= 4 is 17.7 Å². The maximum absolute atomic E-state index is 5.00. The minimum Gasteiger partial charge on any atom is -0.385 e. The second-order valence-corrected chi connectivity index (χ2v) is 4.21. The summed E-state index contributed by atoms with van der Waals surface area (Å²) in [7, 11) is 3.55. The van der Waals surface area contributed by atoms with Gasteiger partial charge >= 0.3 is 0 Å². The number of hydrogen-bond acceptors (Lipinski definition) is 5. The Morgan fingerprint density at radius 2 is 2.33 bits per heavy atom. The SMILES string of the molecule is CNc1ncc(C)c(SCCCOC)n1. The number of methoxy groups -OCH3 is 1. The Labute approximate surface area is 94.8 Å². The summed E-state index contributed by atoms with van der Waals surface area (Å²) in [6.07, 6.45) is 2.89. The average Bonchev–Trinajstić information content (AvgIpc) is 2.26. The van der Waals surface area contributed by atoms with Crippen molar-refractivity contribution in [2.45, 2.75) is 18.4 Å². The van der Waals surface area contributed by atoms with Crippen LogP contribution in [0.15, 0.2) is 11.2 Å². The van der Waals surface area contributed by atoms with E-state index in [4.69, 9.17) is 4.74 Å². The number of thioether (sulfide) groups is 1. The summed E-state index contributed by atoms with van der Waals surface area (Å²) in [5, 5.41) is 3.98. The molecule has 0 saturated heterocycles. The number of aromatic nitrogens is 2. The van der Waals surface area contributed by atoms with E-state index in [1.165, 1.54) is 0 Å². The zero-order valence-electron chi connectivity index (χ0n) is 9.41. The van der Waals surface area contributed by atoms with Crippen LogP contribution >= 0.6 is 11.8 Å². The lowest BCUT2D eigenvalue weighted by atomic mass is 10.4. The van der Waals surface area contributed by atoms with E-state index in [9.17, 15) is 0 Å². The maximum Gasteiger partial charge on any atom is 0.223 e. The topological polar surface area (TPSA) is 47.0 Å². The summed E-state index contributed by atoms with van der Waals surface area (Å²) < 4.78 is 5.00. The zero-order valence-corrected chi connectivity index (χ0v) is 10.2.